The number of aromatic nitrogens is 1. The molecule has 1 unspecified atom stereocenters. The van der Waals surface area contributed by atoms with Crippen molar-refractivity contribution in [2.24, 2.45) is 0 Å². The highest BCUT2D eigenvalue weighted by molar-refractivity contribution is 7.12. The minimum absolute atomic E-state index is 0. The molecule has 0 saturated carbocycles. The van der Waals surface area contributed by atoms with E-state index in [2.05, 4.69) is 10.3 Å². The molecule has 1 aliphatic heterocycles. The number of nitrogens with one attached hydrogen (secondary N) is 1. The number of halogens is 3. The van der Waals surface area contributed by atoms with Gasteiger partial charge < -0.3 is 5.32 Å². The van der Waals surface area contributed by atoms with Gasteiger partial charge in [-0.25, -0.2) is 13.8 Å². The summed E-state index contributed by atoms with van der Waals surface area (Å²) < 4.78 is 27.1. The Kier molecular flexibility index (Phi) is 4.73. The second-order valence-electron chi connectivity index (χ2n) is 4.73. The lowest BCUT2D eigenvalue weighted by Gasteiger charge is -2.04. The summed E-state index contributed by atoms with van der Waals surface area (Å²) in [7, 11) is 0. The molecule has 1 aliphatic rings. The van der Waals surface area contributed by atoms with Gasteiger partial charge in [0.05, 0.1) is 11.7 Å². The highest BCUT2D eigenvalue weighted by Crippen LogP contribution is 2.34. The number of hydrogen-bond acceptors (Lipinski definition) is 3. The molecule has 0 radical (unpaired) electrons. The number of rotatable bonds is 2. The van der Waals surface area contributed by atoms with Crippen LogP contribution in [-0.2, 0) is 0 Å². The Morgan fingerprint density at radius 1 is 1.35 bits per heavy atom. The van der Waals surface area contributed by atoms with Gasteiger partial charge in [-0.3, -0.25) is 0 Å². The fourth-order valence-corrected chi connectivity index (χ4v) is 3.44. The third-order valence-corrected chi connectivity index (χ3v) is 4.44. The fraction of sp³-hybridized carbons (Fsp3) is 0.357. The standard InChI is InChI=1S/C14H14F2N2S.ClH/c1-8-13(10-7-9(15)4-5-11(10)16)18-14(19-8)12-3-2-6-17-12;/h4-5,7,12,17H,2-3,6H2,1H3;1H. The molecule has 1 N–H and O–H groups in total. The Morgan fingerprint density at radius 2 is 2.15 bits per heavy atom. The van der Waals surface area contributed by atoms with Crippen LogP contribution in [0.3, 0.4) is 0 Å². The van der Waals surface area contributed by atoms with Gasteiger partial charge >= 0.3 is 0 Å². The Hall–Kier alpha value is -1.04. The van der Waals surface area contributed by atoms with E-state index in [0.717, 1.165) is 41.4 Å². The first-order chi connectivity index (χ1) is 9.15. The maximum atomic E-state index is 13.8. The lowest BCUT2D eigenvalue weighted by atomic mass is 10.1. The van der Waals surface area contributed by atoms with Crippen LogP contribution in [0.2, 0.25) is 0 Å². The SMILES string of the molecule is Cc1sc(C2CCCN2)nc1-c1cc(F)ccc1F.Cl. The monoisotopic (exact) mass is 316 g/mol. The highest BCUT2D eigenvalue weighted by atomic mass is 35.5. The smallest absolute Gasteiger partial charge is 0.132 e. The Morgan fingerprint density at radius 3 is 2.85 bits per heavy atom. The lowest BCUT2D eigenvalue weighted by molar-refractivity contribution is 0.602. The van der Waals surface area contributed by atoms with Gasteiger partial charge in [0, 0.05) is 10.4 Å². The van der Waals surface area contributed by atoms with Gasteiger partial charge in [-0.05, 0) is 44.5 Å². The van der Waals surface area contributed by atoms with Crippen LogP contribution in [0.5, 0.6) is 0 Å². The van der Waals surface area contributed by atoms with E-state index in [-0.39, 0.29) is 24.0 Å². The molecule has 2 nitrogen and oxygen atoms in total. The number of hydrogen-bond donors (Lipinski definition) is 1. The van der Waals surface area contributed by atoms with E-state index in [9.17, 15) is 8.78 Å². The molecule has 1 aromatic carbocycles. The molecule has 3 rings (SSSR count). The van der Waals surface area contributed by atoms with Crippen LogP contribution in [0.25, 0.3) is 11.3 Å². The second kappa shape index (κ2) is 6.16. The summed E-state index contributed by atoms with van der Waals surface area (Å²) in [6.45, 7) is 2.89. The number of aryl methyl sites for hydroxylation is 1. The molecule has 1 aromatic heterocycles. The van der Waals surface area contributed by atoms with E-state index in [1.807, 2.05) is 6.92 Å². The predicted octanol–water partition coefficient (Wildman–Crippen LogP) is 4.24. The van der Waals surface area contributed by atoms with Gasteiger partial charge in [0.1, 0.15) is 16.6 Å². The van der Waals surface area contributed by atoms with E-state index >= 15 is 0 Å². The second-order valence-corrected chi connectivity index (χ2v) is 5.96. The molecule has 0 spiro atoms. The molecule has 0 bridgehead atoms. The summed E-state index contributed by atoms with van der Waals surface area (Å²) in [5, 5.41) is 4.34. The van der Waals surface area contributed by atoms with Crippen molar-refractivity contribution >= 4 is 23.7 Å². The number of benzene rings is 1. The number of nitrogens with zero attached hydrogens (tertiary/aromatic N) is 1. The van der Waals surface area contributed by atoms with Crippen molar-refractivity contribution in [2.45, 2.75) is 25.8 Å². The van der Waals surface area contributed by atoms with Crippen LogP contribution in [0.4, 0.5) is 8.78 Å². The third kappa shape index (κ3) is 2.85. The zero-order valence-corrected chi connectivity index (χ0v) is 12.6. The molecular weight excluding hydrogens is 302 g/mol. The van der Waals surface area contributed by atoms with Crippen molar-refractivity contribution in [1.29, 1.82) is 0 Å². The molecule has 108 valence electrons. The normalized spacial score (nSPS) is 18.1. The summed E-state index contributed by atoms with van der Waals surface area (Å²) in [6.07, 6.45) is 2.19. The average Bonchev–Trinajstić information content (AvgIpc) is 3.01. The van der Waals surface area contributed by atoms with Crippen molar-refractivity contribution in [2.75, 3.05) is 6.54 Å². The molecule has 1 atom stereocenters. The quantitative estimate of drug-likeness (QED) is 0.896. The van der Waals surface area contributed by atoms with Crippen molar-refractivity contribution in [3.63, 3.8) is 0 Å². The summed E-state index contributed by atoms with van der Waals surface area (Å²) in [5.74, 6) is -0.870. The van der Waals surface area contributed by atoms with Gasteiger partial charge in [0.15, 0.2) is 0 Å². The van der Waals surface area contributed by atoms with Gasteiger partial charge in [-0.2, -0.15) is 0 Å². The molecule has 1 fully saturated rings. The zero-order chi connectivity index (χ0) is 13.4. The van der Waals surface area contributed by atoms with E-state index < -0.39 is 11.6 Å². The zero-order valence-electron chi connectivity index (χ0n) is 11.0. The van der Waals surface area contributed by atoms with Gasteiger partial charge in [0.25, 0.3) is 0 Å². The van der Waals surface area contributed by atoms with Crippen molar-refractivity contribution < 1.29 is 8.78 Å². The van der Waals surface area contributed by atoms with Crippen LogP contribution in [0, 0.1) is 18.6 Å². The van der Waals surface area contributed by atoms with Crippen LogP contribution >= 0.6 is 23.7 Å². The summed E-state index contributed by atoms with van der Waals surface area (Å²) in [4.78, 5) is 5.44. The molecule has 6 heteroatoms. The lowest BCUT2D eigenvalue weighted by Crippen LogP contribution is -2.12. The third-order valence-electron chi connectivity index (χ3n) is 3.36. The highest BCUT2D eigenvalue weighted by Gasteiger charge is 2.22. The molecule has 0 amide bonds. The van der Waals surface area contributed by atoms with Gasteiger partial charge in [-0.15, -0.1) is 23.7 Å². The molecule has 1 saturated heterocycles. The maximum Gasteiger partial charge on any atom is 0.132 e. The van der Waals surface area contributed by atoms with E-state index in [0.29, 0.717) is 5.69 Å². The molecule has 2 heterocycles. The molecule has 0 aliphatic carbocycles. The van der Waals surface area contributed by atoms with Gasteiger partial charge in [-0.1, -0.05) is 0 Å². The minimum Gasteiger partial charge on any atom is -0.308 e. The fourth-order valence-electron chi connectivity index (χ4n) is 2.39. The van der Waals surface area contributed by atoms with Crippen LogP contribution in [0.15, 0.2) is 18.2 Å². The Balaban J connectivity index is 0.00000147. The first-order valence-electron chi connectivity index (χ1n) is 6.31. The Bertz CT molecular complexity index is 609. The van der Waals surface area contributed by atoms with Crippen molar-refractivity contribution in [3.05, 3.63) is 39.7 Å². The van der Waals surface area contributed by atoms with Gasteiger partial charge in [0.2, 0.25) is 0 Å². The van der Waals surface area contributed by atoms with Crippen molar-refractivity contribution in [3.8, 4) is 11.3 Å². The Labute approximate surface area is 126 Å². The number of thiazole rings is 1. The minimum atomic E-state index is -0.440. The van der Waals surface area contributed by atoms with E-state index in [1.165, 1.54) is 6.07 Å². The first kappa shape index (κ1) is 15.4. The summed E-state index contributed by atoms with van der Waals surface area (Å²) in [5.41, 5.74) is 0.809. The largest absolute Gasteiger partial charge is 0.308 e. The van der Waals surface area contributed by atoms with Crippen LogP contribution in [-0.4, -0.2) is 11.5 Å². The average molecular weight is 317 g/mol. The molecular formula is C14H15ClF2N2S. The molecule has 2 aromatic rings. The first-order valence-corrected chi connectivity index (χ1v) is 7.13. The van der Waals surface area contributed by atoms with E-state index in [1.54, 1.807) is 11.3 Å². The molecule has 20 heavy (non-hydrogen) atoms. The predicted molar refractivity (Wildman–Crippen MR) is 79.4 cm³/mol. The maximum absolute atomic E-state index is 13.8. The summed E-state index contributed by atoms with van der Waals surface area (Å²) >= 11 is 1.56. The summed E-state index contributed by atoms with van der Waals surface area (Å²) in [6, 6.07) is 3.74. The van der Waals surface area contributed by atoms with E-state index in [4.69, 9.17) is 0 Å². The topological polar surface area (TPSA) is 24.9 Å². The van der Waals surface area contributed by atoms with Crippen molar-refractivity contribution in [1.82, 2.24) is 10.3 Å². The van der Waals surface area contributed by atoms with Crippen LogP contribution < -0.4 is 5.32 Å². The van der Waals surface area contributed by atoms with Crippen LogP contribution in [0.1, 0.15) is 28.8 Å².